The molecule has 134 valence electrons. The highest BCUT2D eigenvalue weighted by atomic mass is 16.5. The Morgan fingerprint density at radius 1 is 1.04 bits per heavy atom. The SMILES string of the molecule is COC[C@H]1CCN(Cc2ccccc2OCCN2CCCCC2)C1. The quantitative estimate of drug-likeness (QED) is 0.730. The van der Waals surface area contributed by atoms with Crippen molar-refractivity contribution in [3.63, 3.8) is 0 Å². The Morgan fingerprint density at radius 2 is 1.88 bits per heavy atom. The van der Waals surface area contributed by atoms with Crippen LogP contribution >= 0.6 is 0 Å². The van der Waals surface area contributed by atoms with Gasteiger partial charge in [0.1, 0.15) is 12.4 Å². The van der Waals surface area contributed by atoms with Crippen LogP contribution in [0.5, 0.6) is 5.75 Å². The van der Waals surface area contributed by atoms with Crippen molar-refractivity contribution in [3.05, 3.63) is 29.8 Å². The maximum absolute atomic E-state index is 6.13. The monoisotopic (exact) mass is 332 g/mol. The predicted molar refractivity (Wildman–Crippen MR) is 97.5 cm³/mol. The van der Waals surface area contributed by atoms with E-state index >= 15 is 0 Å². The highest BCUT2D eigenvalue weighted by Gasteiger charge is 2.23. The summed E-state index contributed by atoms with van der Waals surface area (Å²) in [4.78, 5) is 5.05. The maximum Gasteiger partial charge on any atom is 0.123 e. The fourth-order valence-electron chi connectivity index (χ4n) is 3.91. The Balaban J connectivity index is 1.47. The van der Waals surface area contributed by atoms with E-state index < -0.39 is 0 Å². The molecule has 2 fully saturated rings. The van der Waals surface area contributed by atoms with Gasteiger partial charge in [-0.3, -0.25) is 9.80 Å². The third-order valence-corrected chi connectivity index (χ3v) is 5.25. The van der Waals surface area contributed by atoms with Crippen LogP contribution < -0.4 is 4.74 Å². The van der Waals surface area contributed by atoms with E-state index in [9.17, 15) is 0 Å². The van der Waals surface area contributed by atoms with E-state index in [1.165, 1.54) is 44.3 Å². The van der Waals surface area contributed by atoms with Crippen LogP contribution in [0.4, 0.5) is 0 Å². The number of nitrogens with zero attached hydrogens (tertiary/aromatic N) is 2. The molecule has 0 bridgehead atoms. The first kappa shape index (κ1) is 17.7. The van der Waals surface area contributed by atoms with Gasteiger partial charge in [-0.15, -0.1) is 0 Å². The van der Waals surface area contributed by atoms with Gasteiger partial charge in [-0.2, -0.15) is 0 Å². The van der Waals surface area contributed by atoms with Crippen LogP contribution in [0, 0.1) is 5.92 Å². The molecule has 0 N–H and O–H groups in total. The van der Waals surface area contributed by atoms with Gasteiger partial charge in [0, 0.05) is 32.3 Å². The highest BCUT2D eigenvalue weighted by molar-refractivity contribution is 5.33. The molecule has 4 heteroatoms. The lowest BCUT2D eigenvalue weighted by molar-refractivity contribution is 0.152. The fourth-order valence-corrected chi connectivity index (χ4v) is 3.91. The van der Waals surface area contributed by atoms with Gasteiger partial charge in [0.2, 0.25) is 0 Å². The molecule has 0 amide bonds. The van der Waals surface area contributed by atoms with E-state index in [4.69, 9.17) is 9.47 Å². The molecule has 0 aromatic heterocycles. The number of piperidine rings is 1. The second-order valence-corrected chi connectivity index (χ2v) is 7.20. The van der Waals surface area contributed by atoms with Crippen molar-refractivity contribution in [2.24, 2.45) is 5.92 Å². The van der Waals surface area contributed by atoms with E-state index in [0.717, 1.165) is 45.1 Å². The molecule has 0 unspecified atom stereocenters. The van der Waals surface area contributed by atoms with Crippen molar-refractivity contribution in [1.29, 1.82) is 0 Å². The molecular formula is C20H32N2O2. The molecule has 1 aromatic carbocycles. The zero-order chi connectivity index (χ0) is 16.6. The molecule has 2 aliphatic heterocycles. The second-order valence-electron chi connectivity index (χ2n) is 7.20. The van der Waals surface area contributed by atoms with E-state index in [-0.39, 0.29) is 0 Å². The first-order chi connectivity index (χ1) is 11.8. The first-order valence-corrected chi connectivity index (χ1v) is 9.49. The largest absolute Gasteiger partial charge is 0.492 e. The first-order valence-electron chi connectivity index (χ1n) is 9.49. The molecule has 2 heterocycles. The third kappa shape index (κ3) is 5.20. The smallest absolute Gasteiger partial charge is 0.123 e. The second kappa shape index (κ2) is 9.40. The molecule has 0 aliphatic carbocycles. The summed E-state index contributed by atoms with van der Waals surface area (Å²) in [6.07, 6.45) is 5.31. The van der Waals surface area contributed by atoms with Gasteiger partial charge in [0.15, 0.2) is 0 Å². The van der Waals surface area contributed by atoms with Gasteiger partial charge in [-0.1, -0.05) is 24.6 Å². The summed E-state index contributed by atoms with van der Waals surface area (Å²) in [5.74, 6) is 1.74. The van der Waals surface area contributed by atoms with Crippen LogP contribution in [0.1, 0.15) is 31.2 Å². The third-order valence-electron chi connectivity index (χ3n) is 5.25. The van der Waals surface area contributed by atoms with E-state index in [0.29, 0.717) is 5.92 Å². The Kier molecular flexibility index (Phi) is 6.94. The van der Waals surface area contributed by atoms with Crippen molar-refractivity contribution in [2.75, 3.05) is 53.0 Å². The van der Waals surface area contributed by atoms with Crippen molar-refractivity contribution in [3.8, 4) is 5.75 Å². The number of methoxy groups -OCH3 is 1. The minimum atomic E-state index is 0.683. The van der Waals surface area contributed by atoms with Crippen LogP contribution in [0.3, 0.4) is 0 Å². The Labute approximate surface area is 146 Å². The summed E-state index contributed by atoms with van der Waals surface area (Å²) in [7, 11) is 1.80. The normalized spacial score (nSPS) is 22.8. The van der Waals surface area contributed by atoms with Crippen LogP contribution in [0.15, 0.2) is 24.3 Å². The van der Waals surface area contributed by atoms with Crippen molar-refractivity contribution in [2.45, 2.75) is 32.2 Å². The average molecular weight is 332 g/mol. The molecule has 24 heavy (non-hydrogen) atoms. The van der Waals surface area contributed by atoms with Gasteiger partial charge in [0.25, 0.3) is 0 Å². The summed E-state index contributed by atoms with van der Waals surface area (Å²) in [6.45, 7) is 8.48. The molecule has 2 saturated heterocycles. The van der Waals surface area contributed by atoms with E-state index in [1.807, 2.05) is 0 Å². The molecule has 3 rings (SSSR count). The predicted octanol–water partition coefficient (Wildman–Crippen LogP) is 3.02. The number of para-hydroxylation sites is 1. The number of rotatable bonds is 8. The van der Waals surface area contributed by atoms with Gasteiger partial charge in [-0.25, -0.2) is 0 Å². The van der Waals surface area contributed by atoms with E-state index in [1.54, 1.807) is 7.11 Å². The van der Waals surface area contributed by atoms with Gasteiger partial charge in [-0.05, 0) is 50.9 Å². The topological polar surface area (TPSA) is 24.9 Å². The highest BCUT2D eigenvalue weighted by Crippen LogP contribution is 2.24. The lowest BCUT2D eigenvalue weighted by Gasteiger charge is -2.26. The number of hydrogen-bond acceptors (Lipinski definition) is 4. The molecule has 0 saturated carbocycles. The molecular weight excluding hydrogens is 300 g/mol. The Hall–Kier alpha value is -1.10. The standard InChI is InChI=1S/C20H32N2O2/c1-23-17-18-9-12-22(15-18)16-19-7-3-4-8-20(19)24-14-13-21-10-5-2-6-11-21/h3-4,7-8,18H,2,5-6,9-17H2,1H3/t18-/m0/s1. The molecule has 4 nitrogen and oxygen atoms in total. The van der Waals surface area contributed by atoms with Crippen LogP contribution in [-0.4, -0.2) is 62.8 Å². The molecule has 2 aliphatic rings. The summed E-state index contributed by atoms with van der Waals surface area (Å²) >= 11 is 0. The molecule has 1 atom stereocenters. The summed E-state index contributed by atoms with van der Waals surface area (Å²) in [5.41, 5.74) is 1.31. The Morgan fingerprint density at radius 3 is 2.71 bits per heavy atom. The zero-order valence-electron chi connectivity index (χ0n) is 15.1. The number of benzene rings is 1. The number of hydrogen-bond donors (Lipinski definition) is 0. The average Bonchev–Trinajstić information content (AvgIpc) is 3.05. The van der Waals surface area contributed by atoms with Crippen molar-refractivity contribution in [1.82, 2.24) is 9.80 Å². The minimum absolute atomic E-state index is 0.683. The summed E-state index contributed by atoms with van der Waals surface area (Å²) in [6, 6.07) is 8.53. The fraction of sp³-hybridized carbons (Fsp3) is 0.700. The van der Waals surface area contributed by atoms with Crippen molar-refractivity contribution < 1.29 is 9.47 Å². The maximum atomic E-state index is 6.13. The lowest BCUT2D eigenvalue weighted by atomic mass is 10.1. The van der Waals surface area contributed by atoms with Crippen LogP contribution in [-0.2, 0) is 11.3 Å². The minimum Gasteiger partial charge on any atom is -0.492 e. The van der Waals surface area contributed by atoms with E-state index in [2.05, 4.69) is 34.1 Å². The molecule has 0 radical (unpaired) electrons. The van der Waals surface area contributed by atoms with Crippen molar-refractivity contribution >= 4 is 0 Å². The van der Waals surface area contributed by atoms with Crippen LogP contribution in [0.2, 0.25) is 0 Å². The summed E-state index contributed by atoms with van der Waals surface area (Å²) < 4.78 is 11.4. The molecule has 1 aromatic rings. The number of likely N-dealkylation sites (tertiary alicyclic amines) is 2. The van der Waals surface area contributed by atoms with Crippen LogP contribution in [0.25, 0.3) is 0 Å². The number of ether oxygens (including phenoxy) is 2. The summed E-state index contributed by atoms with van der Waals surface area (Å²) in [5, 5.41) is 0. The lowest BCUT2D eigenvalue weighted by Crippen LogP contribution is -2.33. The van der Waals surface area contributed by atoms with Gasteiger partial charge >= 0.3 is 0 Å². The zero-order valence-corrected chi connectivity index (χ0v) is 15.1. The molecule has 0 spiro atoms. The van der Waals surface area contributed by atoms with Gasteiger partial charge < -0.3 is 9.47 Å². The van der Waals surface area contributed by atoms with Gasteiger partial charge in [0.05, 0.1) is 6.61 Å². The Bertz CT molecular complexity index is 488.